The molecule has 0 aliphatic heterocycles. The number of benzene rings is 1. The summed E-state index contributed by atoms with van der Waals surface area (Å²) < 4.78 is 5.28. The molecule has 0 spiro atoms. The van der Waals surface area contributed by atoms with Crippen LogP contribution in [0.3, 0.4) is 0 Å². The van der Waals surface area contributed by atoms with E-state index in [-0.39, 0.29) is 6.61 Å². The van der Waals surface area contributed by atoms with Gasteiger partial charge in [-0.05, 0) is 49.6 Å². The minimum absolute atomic E-state index is 0.201. The molecule has 3 N–H and O–H groups in total. The first-order chi connectivity index (χ1) is 8.60. The molecule has 0 radical (unpaired) electrons. The van der Waals surface area contributed by atoms with Crippen molar-refractivity contribution < 1.29 is 14.9 Å². The number of aliphatic hydroxyl groups is 2. The standard InChI is InChI=1S/C14H23NO3/c1-10-11(2)14(18-3)5-4-12(10)6-7-15-8-13(17)9-16/h4-5,13,15-17H,6-9H2,1-3H3. The third-order valence-corrected chi connectivity index (χ3v) is 3.23. The maximum Gasteiger partial charge on any atom is 0.122 e. The Morgan fingerprint density at radius 2 is 2.00 bits per heavy atom. The summed E-state index contributed by atoms with van der Waals surface area (Å²) in [5, 5.41) is 21.0. The minimum Gasteiger partial charge on any atom is -0.496 e. The molecule has 102 valence electrons. The second kappa shape index (κ2) is 7.36. The molecule has 0 aliphatic carbocycles. The van der Waals surface area contributed by atoms with Crippen LogP contribution in [0.2, 0.25) is 0 Å². The lowest BCUT2D eigenvalue weighted by molar-refractivity contribution is 0.0947. The third kappa shape index (κ3) is 3.98. The van der Waals surface area contributed by atoms with E-state index in [2.05, 4.69) is 25.2 Å². The summed E-state index contributed by atoms with van der Waals surface area (Å²) in [6.45, 7) is 5.15. The lowest BCUT2D eigenvalue weighted by Crippen LogP contribution is -2.30. The smallest absolute Gasteiger partial charge is 0.122 e. The van der Waals surface area contributed by atoms with Gasteiger partial charge in [0.05, 0.1) is 19.8 Å². The van der Waals surface area contributed by atoms with Crippen molar-refractivity contribution in [3.8, 4) is 5.75 Å². The molecular formula is C14H23NO3. The van der Waals surface area contributed by atoms with Crippen molar-refractivity contribution in [2.24, 2.45) is 0 Å². The molecule has 0 aliphatic rings. The number of hydrogen-bond donors (Lipinski definition) is 3. The lowest BCUT2D eigenvalue weighted by atomic mass is 10.00. The van der Waals surface area contributed by atoms with Gasteiger partial charge < -0.3 is 20.3 Å². The Labute approximate surface area is 109 Å². The normalized spacial score (nSPS) is 12.5. The van der Waals surface area contributed by atoms with Crippen LogP contribution in [0.25, 0.3) is 0 Å². The van der Waals surface area contributed by atoms with E-state index in [0.717, 1.165) is 18.7 Å². The molecule has 0 aromatic heterocycles. The van der Waals surface area contributed by atoms with Crippen molar-refractivity contribution >= 4 is 0 Å². The first-order valence-corrected chi connectivity index (χ1v) is 6.22. The predicted molar refractivity (Wildman–Crippen MR) is 72.1 cm³/mol. The summed E-state index contributed by atoms with van der Waals surface area (Å²) in [7, 11) is 1.68. The molecule has 18 heavy (non-hydrogen) atoms. The van der Waals surface area contributed by atoms with Gasteiger partial charge in [0, 0.05) is 6.54 Å². The maximum atomic E-state index is 9.19. The van der Waals surface area contributed by atoms with Crippen LogP contribution in [-0.2, 0) is 6.42 Å². The topological polar surface area (TPSA) is 61.7 Å². The summed E-state index contributed by atoms with van der Waals surface area (Å²) >= 11 is 0. The van der Waals surface area contributed by atoms with E-state index in [1.165, 1.54) is 16.7 Å². The molecule has 0 saturated heterocycles. The van der Waals surface area contributed by atoms with Gasteiger partial charge in [0.1, 0.15) is 5.75 Å². The molecule has 1 atom stereocenters. The summed E-state index contributed by atoms with van der Waals surface area (Å²) in [6.07, 6.45) is 0.221. The molecule has 0 bridgehead atoms. The highest BCUT2D eigenvalue weighted by molar-refractivity contribution is 5.43. The second-order valence-corrected chi connectivity index (χ2v) is 4.47. The zero-order valence-corrected chi connectivity index (χ0v) is 11.4. The molecule has 1 rings (SSSR count). The van der Waals surface area contributed by atoms with Crippen LogP contribution in [0.1, 0.15) is 16.7 Å². The SMILES string of the molecule is COc1ccc(CCNCC(O)CO)c(C)c1C. The van der Waals surface area contributed by atoms with E-state index in [0.29, 0.717) is 6.54 Å². The first kappa shape index (κ1) is 15.0. The van der Waals surface area contributed by atoms with Crippen molar-refractivity contribution in [1.82, 2.24) is 5.32 Å². The fraction of sp³-hybridized carbons (Fsp3) is 0.571. The number of hydrogen-bond acceptors (Lipinski definition) is 4. The number of ether oxygens (including phenoxy) is 1. The van der Waals surface area contributed by atoms with Crippen molar-refractivity contribution in [3.05, 3.63) is 28.8 Å². The second-order valence-electron chi connectivity index (χ2n) is 4.47. The van der Waals surface area contributed by atoms with Crippen LogP contribution in [0.5, 0.6) is 5.75 Å². The molecule has 4 heteroatoms. The Bertz CT molecular complexity index is 380. The summed E-state index contributed by atoms with van der Waals surface area (Å²) in [5.74, 6) is 0.917. The molecule has 1 unspecified atom stereocenters. The van der Waals surface area contributed by atoms with E-state index in [1.54, 1.807) is 7.11 Å². The third-order valence-electron chi connectivity index (χ3n) is 3.23. The van der Waals surface area contributed by atoms with Gasteiger partial charge in [-0.2, -0.15) is 0 Å². The highest BCUT2D eigenvalue weighted by Gasteiger charge is 2.06. The quantitative estimate of drug-likeness (QED) is 0.629. The van der Waals surface area contributed by atoms with Crippen LogP contribution in [0, 0.1) is 13.8 Å². The van der Waals surface area contributed by atoms with Crippen LogP contribution < -0.4 is 10.1 Å². The van der Waals surface area contributed by atoms with E-state index in [1.807, 2.05) is 6.07 Å². The number of nitrogens with one attached hydrogen (secondary N) is 1. The average molecular weight is 253 g/mol. The van der Waals surface area contributed by atoms with E-state index >= 15 is 0 Å². The predicted octanol–water partition coefficient (Wildman–Crippen LogP) is 0.797. The Kier molecular flexibility index (Phi) is 6.12. The van der Waals surface area contributed by atoms with Gasteiger partial charge in [0.25, 0.3) is 0 Å². The number of rotatable bonds is 7. The van der Waals surface area contributed by atoms with E-state index in [4.69, 9.17) is 9.84 Å². The number of methoxy groups -OCH3 is 1. The molecule has 0 heterocycles. The van der Waals surface area contributed by atoms with Crippen molar-refractivity contribution in [2.45, 2.75) is 26.4 Å². The van der Waals surface area contributed by atoms with E-state index in [9.17, 15) is 5.11 Å². The van der Waals surface area contributed by atoms with Gasteiger partial charge in [-0.1, -0.05) is 6.07 Å². The highest BCUT2D eigenvalue weighted by atomic mass is 16.5. The first-order valence-electron chi connectivity index (χ1n) is 6.22. The van der Waals surface area contributed by atoms with Gasteiger partial charge in [-0.3, -0.25) is 0 Å². The Hall–Kier alpha value is -1.10. The monoisotopic (exact) mass is 253 g/mol. The average Bonchev–Trinajstić information content (AvgIpc) is 2.39. The fourth-order valence-electron chi connectivity index (χ4n) is 1.90. The molecule has 1 aromatic rings. The van der Waals surface area contributed by atoms with Gasteiger partial charge in [-0.25, -0.2) is 0 Å². The summed E-state index contributed by atoms with van der Waals surface area (Å²) in [4.78, 5) is 0. The van der Waals surface area contributed by atoms with Crippen LogP contribution in [-0.4, -0.2) is 43.1 Å². The van der Waals surface area contributed by atoms with Crippen LogP contribution in [0.15, 0.2) is 12.1 Å². The zero-order valence-electron chi connectivity index (χ0n) is 11.4. The Morgan fingerprint density at radius 3 is 2.61 bits per heavy atom. The minimum atomic E-state index is -0.677. The van der Waals surface area contributed by atoms with Crippen molar-refractivity contribution in [3.63, 3.8) is 0 Å². The Balaban J connectivity index is 2.50. The highest BCUT2D eigenvalue weighted by Crippen LogP contribution is 2.23. The molecule has 0 saturated carbocycles. The molecular weight excluding hydrogens is 230 g/mol. The van der Waals surface area contributed by atoms with Crippen LogP contribution >= 0.6 is 0 Å². The number of aliphatic hydroxyl groups excluding tert-OH is 2. The summed E-state index contributed by atoms with van der Waals surface area (Å²) in [6, 6.07) is 4.06. The van der Waals surface area contributed by atoms with Gasteiger partial charge >= 0.3 is 0 Å². The summed E-state index contributed by atoms with van der Waals surface area (Å²) in [5.41, 5.74) is 3.70. The zero-order chi connectivity index (χ0) is 13.5. The molecule has 4 nitrogen and oxygen atoms in total. The van der Waals surface area contributed by atoms with Gasteiger partial charge in [0.15, 0.2) is 0 Å². The molecule has 1 aromatic carbocycles. The fourth-order valence-corrected chi connectivity index (χ4v) is 1.90. The van der Waals surface area contributed by atoms with Crippen LogP contribution in [0.4, 0.5) is 0 Å². The largest absolute Gasteiger partial charge is 0.496 e. The van der Waals surface area contributed by atoms with Crippen molar-refractivity contribution in [2.75, 3.05) is 26.8 Å². The van der Waals surface area contributed by atoms with Gasteiger partial charge in [-0.15, -0.1) is 0 Å². The molecule has 0 amide bonds. The molecule has 0 fully saturated rings. The maximum absolute atomic E-state index is 9.19. The van der Waals surface area contributed by atoms with E-state index < -0.39 is 6.10 Å². The van der Waals surface area contributed by atoms with Gasteiger partial charge in [0.2, 0.25) is 0 Å². The van der Waals surface area contributed by atoms with Crippen molar-refractivity contribution in [1.29, 1.82) is 0 Å². The lowest BCUT2D eigenvalue weighted by Gasteiger charge is -2.13. The Morgan fingerprint density at radius 1 is 1.28 bits per heavy atom.